The van der Waals surface area contributed by atoms with Crippen molar-refractivity contribution in [2.24, 2.45) is 5.92 Å². The highest BCUT2D eigenvalue weighted by atomic mass is 35.5. The van der Waals surface area contributed by atoms with Gasteiger partial charge < -0.3 is 4.57 Å². The summed E-state index contributed by atoms with van der Waals surface area (Å²) in [5.74, 6) is 2.20. The summed E-state index contributed by atoms with van der Waals surface area (Å²) < 4.78 is 2.19. The van der Waals surface area contributed by atoms with Crippen LogP contribution in [0.15, 0.2) is 53.7 Å². The molecular formula is C19H19Cl2N3S. The van der Waals surface area contributed by atoms with Crippen LogP contribution in [-0.2, 0) is 12.3 Å². The topological polar surface area (TPSA) is 30.7 Å². The maximum atomic E-state index is 6.00. The van der Waals surface area contributed by atoms with E-state index in [1.807, 2.05) is 48.5 Å². The fraction of sp³-hybridized carbons (Fsp3) is 0.263. The molecule has 3 rings (SSSR count). The molecule has 6 heteroatoms. The lowest BCUT2D eigenvalue weighted by atomic mass is 10.2. The Bertz CT molecular complexity index is 827. The first kappa shape index (κ1) is 18.3. The Kier molecular flexibility index (Phi) is 6.05. The molecule has 0 amide bonds. The molecular weight excluding hydrogens is 373 g/mol. The Hall–Kier alpha value is -1.49. The zero-order valence-electron chi connectivity index (χ0n) is 14.1. The molecule has 0 fully saturated rings. The minimum Gasteiger partial charge on any atom is -0.302 e. The number of aromatic nitrogens is 3. The lowest BCUT2D eigenvalue weighted by Crippen LogP contribution is -2.07. The quantitative estimate of drug-likeness (QED) is 0.468. The monoisotopic (exact) mass is 391 g/mol. The minimum atomic E-state index is 0.497. The van der Waals surface area contributed by atoms with Crippen LogP contribution in [0.5, 0.6) is 0 Å². The van der Waals surface area contributed by atoms with Gasteiger partial charge in [0, 0.05) is 27.9 Å². The van der Waals surface area contributed by atoms with Crippen LogP contribution in [0, 0.1) is 5.92 Å². The average Bonchev–Trinajstić information content (AvgIpc) is 2.97. The van der Waals surface area contributed by atoms with Gasteiger partial charge in [0.2, 0.25) is 0 Å². The Morgan fingerprint density at radius 1 is 0.920 bits per heavy atom. The molecule has 130 valence electrons. The van der Waals surface area contributed by atoms with Crippen molar-refractivity contribution in [3.05, 3.63) is 64.1 Å². The normalized spacial score (nSPS) is 11.2. The second kappa shape index (κ2) is 8.26. The maximum Gasteiger partial charge on any atom is 0.191 e. The van der Waals surface area contributed by atoms with E-state index in [9.17, 15) is 0 Å². The van der Waals surface area contributed by atoms with E-state index in [0.717, 1.165) is 38.9 Å². The van der Waals surface area contributed by atoms with Crippen LogP contribution in [0.3, 0.4) is 0 Å². The Balaban J connectivity index is 1.85. The fourth-order valence-corrected chi connectivity index (χ4v) is 3.62. The standard InChI is InChI=1S/C19H19Cl2N3S/c1-13(2)11-24-18(15-5-9-17(21)10-6-15)22-23-19(24)25-12-14-3-7-16(20)8-4-14/h3-10,13H,11-12H2,1-2H3. The summed E-state index contributed by atoms with van der Waals surface area (Å²) in [5.41, 5.74) is 2.23. The molecule has 0 saturated heterocycles. The van der Waals surface area contributed by atoms with Crippen molar-refractivity contribution in [1.29, 1.82) is 0 Å². The molecule has 25 heavy (non-hydrogen) atoms. The molecule has 0 atom stereocenters. The average molecular weight is 392 g/mol. The number of hydrogen-bond acceptors (Lipinski definition) is 3. The number of benzene rings is 2. The van der Waals surface area contributed by atoms with Crippen LogP contribution in [0.25, 0.3) is 11.4 Å². The zero-order valence-corrected chi connectivity index (χ0v) is 16.4. The van der Waals surface area contributed by atoms with Gasteiger partial charge in [-0.1, -0.05) is 60.9 Å². The number of halogens is 2. The summed E-state index contributed by atoms with van der Waals surface area (Å²) in [6, 6.07) is 15.6. The van der Waals surface area contributed by atoms with E-state index in [1.54, 1.807) is 11.8 Å². The van der Waals surface area contributed by atoms with Crippen molar-refractivity contribution in [3.63, 3.8) is 0 Å². The summed E-state index contributed by atoms with van der Waals surface area (Å²) >= 11 is 13.6. The summed E-state index contributed by atoms with van der Waals surface area (Å²) in [7, 11) is 0. The SMILES string of the molecule is CC(C)Cn1c(SCc2ccc(Cl)cc2)nnc1-c1ccc(Cl)cc1. The van der Waals surface area contributed by atoms with Crippen LogP contribution in [0.4, 0.5) is 0 Å². The first-order valence-corrected chi connectivity index (χ1v) is 9.83. The Morgan fingerprint density at radius 2 is 1.52 bits per heavy atom. The van der Waals surface area contributed by atoms with Gasteiger partial charge in [-0.15, -0.1) is 10.2 Å². The molecule has 3 aromatic rings. The minimum absolute atomic E-state index is 0.497. The summed E-state index contributed by atoms with van der Waals surface area (Å²) in [5, 5.41) is 11.2. The molecule has 0 bridgehead atoms. The number of rotatable bonds is 6. The van der Waals surface area contributed by atoms with Crippen LogP contribution in [0.2, 0.25) is 10.0 Å². The van der Waals surface area contributed by atoms with E-state index < -0.39 is 0 Å². The molecule has 1 heterocycles. The summed E-state index contributed by atoms with van der Waals surface area (Å²) in [6.45, 7) is 5.26. The molecule has 0 aliphatic rings. The van der Waals surface area contributed by atoms with Gasteiger partial charge in [0.15, 0.2) is 11.0 Å². The van der Waals surface area contributed by atoms with Crippen LogP contribution in [0.1, 0.15) is 19.4 Å². The molecule has 1 aromatic heterocycles. The second-order valence-electron chi connectivity index (χ2n) is 6.23. The van der Waals surface area contributed by atoms with E-state index in [4.69, 9.17) is 23.2 Å². The molecule has 0 radical (unpaired) electrons. The fourth-order valence-electron chi connectivity index (χ4n) is 2.47. The van der Waals surface area contributed by atoms with Crippen molar-refractivity contribution in [1.82, 2.24) is 14.8 Å². The van der Waals surface area contributed by atoms with Gasteiger partial charge in [0.05, 0.1) is 0 Å². The second-order valence-corrected chi connectivity index (χ2v) is 8.05. The Labute approximate surface area is 162 Å². The van der Waals surface area contributed by atoms with Crippen LogP contribution >= 0.6 is 35.0 Å². The first-order valence-electron chi connectivity index (χ1n) is 8.09. The lowest BCUT2D eigenvalue weighted by molar-refractivity contribution is 0.498. The highest BCUT2D eigenvalue weighted by Gasteiger charge is 2.15. The van der Waals surface area contributed by atoms with Crippen molar-refractivity contribution in [3.8, 4) is 11.4 Å². The van der Waals surface area contributed by atoms with Crippen LogP contribution in [-0.4, -0.2) is 14.8 Å². The first-order chi connectivity index (χ1) is 12.0. The maximum absolute atomic E-state index is 6.00. The number of nitrogens with zero attached hydrogens (tertiary/aromatic N) is 3. The zero-order chi connectivity index (χ0) is 17.8. The van der Waals surface area contributed by atoms with Gasteiger partial charge in [-0.2, -0.15) is 0 Å². The van der Waals surface area contributed by atoms with Gasteiger partial charge in [0.1, 0.15) is 0 Å². The predicted molar refractivity (Wildman–Crippen MR) is 106 cm³/mol. The molecule has 3 nitrogen and oxygen atoms in total. The van der Waals surface area contributed by atoms with Gasteiger partial charge in [-0.05, 0) is 47.9 Å². The lowest BCUT2D eigenvalue weighted by Gasteiger charge is -2.12. The third-order valence-corrected chi connectivity index (χ3v) is 5.19. The van der Waals surface area contributed by atoms with E-state index in [-0.39, 0.29) is 0 Å². The van der Waals surface area contributed by atoms with Crippen molar-refractivity contribution in [2.45, 2.75) is 31.3 Å². The highest BCUT2D eigenvalue weighted by molar-refractivity contribution is 7.98. The van der Waals surface area contributed by atoms with Crippen molar-refractivity contribution in [2.75, 3.05) is 0 Å². The molecule has 2 aromatic carbocycles. The van der Waals surface area contributed by atoms with Crippen molar-refractivity contribution < 1.29 is 0 Å². The van der Waals surface area contributed by atoms with Crippen LogP contribution < -0.4 is 0 Å². The molecule has 0 spiro atoms. The smallest absolute Gasteiger partial charge is 0.191 e. The summed E-state index contributed by atoms with van der Waals surface area (Å²) in [4.78, 5) is 0. The van der Waals surface area contributed by atoms with E-state index in [0.29, 0.717) is 5.92 Å². The highest BCUT2D eigenvalue weighted by Crippen LogP contribution is 2.28. The molecule has 0 unspecified atom stereocenters. The van der Waals surface area contributed by atoms with Crippen molar-refractivity contribution >= 4 is 35.0 Å². The molecule has 0 saturated carbocycles. The van der Waals surface area contributed by atoms with Gasteiger partial charge >= 0.3 is 0 Å². The van der Waals surface area contributed by atoms with Gasteiger partial charge in [0.25, 0.3) is 0 Å². The largest absolute Gasteiger partial charge is 0.302 e. The molecule has 0 aliphatic heterocycles. The third-order valence-electron chi connectivity index (χ3n) is 3.65. The van der Waals surface area contributed by atoms with Gasteiger partial charge in [-0.25, -0.2) is 0 Å². The third kappa shape index (κ3) is 4.78. The molecule has 0 aliphatic carbocycles. The summed E-state index contributed by atoms with van der Waals surface area (Å²) in [6.07, 6.45) is 0. The van der Waals surface area contributed by atoms with E-state index in [1.165, 1.54) is 5.56 Å². The van der Waals surface area contributed by atoms with Gasteiger partial charge in [-0.3, -0.25) is 0 Å². The Morgan fingerprint density at radius 3 is 2.12 bits per heavy atom. The molecule has 0 N–H and O–H groups in total. The number of thioether (sulfide) groups is 1. The van der Waals surface area contributed by atoms with E-state index >= 15 is 0 Å². The predicted octanol–water partition coefficient (Wildman–Crippen LogP) is 6.20. The van der Waals surface area contributed by atoms with E-state index in [2.05, 4.69) is 28.6 Å². The number of hydrogen-bond donors (Lipinski definition) is 0.